The molecule has 1 aliphatic heterocycles. The molecule has 1 heterocycles. The van der Waals surface area contributed by atoms with Crippen LogP contribution in [0.15, 0.2) is 70.5 Å². The van der Waals surface area contributed by atoms with Gasteiger partial charge in [0.05, 0.1) is 4.92 Å². The van der Waals surface area contributed by atoms with E-state index in [1.807, 2.05) is 31.2 Å². The number of nitrogens with one attached hydrogen (secondary N) is 1. The summed E-state index contributed by atoms with van der Waals surface area (Å²) in [6, 6.07) is 12.1. The number of nitro benzene ring substituents is 1. The average Bonchev–Trinajstić information content (AvgIpc) is 2.71. The highest BCUT2D eigenvalue weighted by atomic mass is 32.2. The fraction of sp³-hybridized carbons (Fsp3) is 0.0952. The first-order valence-electron chi connectivity index (χ1n) is 8.83. The number of nitrogens with zero attached hydrogens (tertiary/aromatic N) is 2. The molecule has 152 valence electrons. The van der Waals surface area contributed by atoms with Crippen LogP contribution in [0.5, 0.6) is 0 Å². The van der Waals surface area contributed by atoms with Gasteiger partial charge in [-0.25, -0.2) is 0 Å². The molecule has 0 spiro atoms. The monoisotopic (exact) mass is 439 g/mol. The fourth-order valence-corrected chi connectivity index (χ4v) is 3.88. The number of aryl methyl sites for hydroxylation is 1. The molecule has 0 unspecified atom stereocenters. The Labute approximate surface area is 182 Å². The van der Waals surface area contributed by atoms with Crippen LogP contribution in [0.4, 0.5) is 5.69 Å². The molecule has 2 amide bonds. The van der Waals surface area contributed by atoms with Crippen molar-refractivity contribution in [2.24, 2.45) is 0 Å². The summed E-state index contributed by atoms with van der Waals surface area (Å²) in [6.07, 6.45) is 2.85. The summed E-state index contributed by atoms with van der Waals surface area (Å²) < 4.78 is 0. The van der Waals surface area contributed by atoms with Gasteiger partial charge < -0.3 is 0 Å². The van der Waals surface area contributed by atoms with Crippen molar-refractivity contribution in [3.8, 4) is 0 Å². The summed E-state index contributed by atoms with van der Waals surface area (Å²) in [7, 11) is 0. The van der Waals surface area contributed by atoms with Gasteiger partial charge in [-0.2, -0.15) is 0 Å². The van der Waals surface area contributed by atoms with Gasteiger partial charge in [-0.05, 0) is 49.0 Å². The van der Waals surface area contributed by atoms with Gasteiger partial charge in [0.1, 0.15) is 5.57 Å². The zero-order valence-corrected chi connectivity index (χ0v) is 17.6. The van der Waals surface area contributed by atoms with Crippen molar-refractivity contribution in [1.29, 1.82) is 0 Å². The lowest BCUT2D eigenvalue weighted by Crippen LogP contribution is -2.53. The van der Waals surface area contributed by atoms with Crippen LogP contribution in [-0.4, -0.2) is 33.3 Å². The largest absolute Gasteiger partial charge is 0.298 e. The second-order valence-corrected chi connectivity index (χ2v) is 7.92. The van der Waals surface area contributed by atoms with Gasteiger partial charge in [0.2, 0.25) is 0 Å². The average molecular weight is 440 g/mol. The zero-order chi connectivity index (χ0) is 21.8. The maximum Gasteiger partial charge on any atom is 0.270 e. The molecule has 0 saturated carbocycles. The number of nitro groups is 1. The van der Waals surface area contributed by atoms with Gasteiger partial charge in [-0.1, -0.05) is 35.5 Å². The third-order valence-electron chi connectivity index (χ3n) is 4.25. The summed E-state index contributed by atoms with van der Waals surface area (Å²) in [5.41, 5.74) is 1.20. The van der Waals surface area contributed by atoms with Gasteiger partial charge in [0.15, 0.2) is 5.11 Å². The van der Waals surface area contributed by atoms with E-state index in [1.54, 1.807) is 6.07 Å². The van der Waals surface area contributed by atoms with Crippen molar-refractivity contribution in [1.82, 2.24) is 10.2 Å². The van der Waals surface area contributed by atoms with Crippen LogP contribution in [0.2, 0.25) is 0 Å². The van der Waals surface area contributed by atoms with Crippen LogP contribution in [0, 0.1) is 17.0 Å². The highest BCUT2D eigenvalue weighted by Gasteiger charge is 2.33. The Balaban J connectivity index is 2.06. The molecule has 0 bridgehead atoms. The molecule has 30 heavy (non-hydrogen) atoms. The standard InChI is InChI=1S/C21H17N3O4S2/c1-3-10-23-20(26)17(19(25)22-21(23)29)12-14-11-15(24(27)28)6-9-18(14)30-16-7-4-13(2)5-8-16/h3-9,11-12H,1,10H2,2H3,(H,22,25,29). The smallest absolute Gasteiger partial charge is 0.270 e. The van der Waals surface area contributed by atoms with Crippen LogP contribution in [-0.2, 0) is 9.59 Å². The molecule has 3 rings (SSSR count). The number of rotatable bonds is 6. The lowest BCUT2D eigenvalue weighted by atomic mass is 10.1. The van der Waals surface area contributed by atoms with Crippen molar-refractivity contribution in [3.63, 3.8) is 0 Å². The van der Waals surface area contributed by atoms with E-state index in [0.717, 1.165) is 10.5 Å². The van der Waals surface area contributed by atoms with Gasteiger partial charge >= 0.3 is 0 Å². The van der Waals surface area contributed by atoms with Gasteiger partial charge in [0.25, 0.3) is 17.5 Å². The minimum Gasteiger partial charge on any atom is -0.298 e. The van der Waals surface area contributed by atoms with E-state index in [4.69, 9.17) is 12.2 Å². The maximum atomic E-state index is 12.8. The van der Waals surface area contributed by atoms with E-state index >= 15 is 0 Å². The Bertz CT molecular complexity index is 1090. The molecule has 1 fully saturated rings. The van der Waals surface area contributed by atoms with Crippen LogP contribution in [0.3, 0.4) is 0 Å². The topological polar surface area (TPSA) is 92.6 Å². The Hall–Kier alpha value is -3.30. The number of hydrogen-bond acceptors (Lipinski definition) is 6. The normalized spacial score (nSPS) is 15.3. The van der Waals surface area contributed by atoms with Crippen molar-refractivity contribution in [2.45, 2.75) is 16.7 Å². The predicted molar refractivity (Wildman–Crippen MR) is 119 cm³/mol. The summed E-state index contributed by atoms with van der Waals surface area (Å²) in [6.45, 7) is 5.70. The molecule has 0 aliphatic carbocycles. The number of thiocarbonyl (C=S) groups is 1. The number of carbonyl (C=O) groups is 2. The molecule has 1 N–H and O–H groups in total. The number of hydrogen-bond donors (Lipinski definition) is 1. The minimum atomic E-state index is -0.650. The van der Waals surface area contributed by atoms with Crippen molar-refractivity contribution in [2.75, 3.05) is 6.54 Å². The quantitative estimate of drug-likeness (QED) is 0.183. The van der Waals surface area contributed by atoms with Gasteiger partial charge in [-0.15, -0.1) is 6.58 Å². The SMILES string of the molecule is C=CCN1C(=O)C(=Cc2cc([N+](=O)[O-])ccc2Sc2ccc(C)cc2)C(=O)NC1=S. The second kappa shape index (κ2) is 9.02. The molecule has 7 nitrogen and oxygen atoms in total. The lowest BCUT2D eigenvalue weighted by Gasteiger charge is -2.27. The Morgan fingerprint density at radius 3 is 2.57 bits per heavy atom. The van der Waals surface area contributed by atoms with Gasteiger partial charge in [0, 0.05) is 28.5 Å². The third kappa shape index (κ3) is 4.64. The number of non-ortho nitro benzene ring substituents is 1. The third-order valence-corrected chi connectivity index (χ3v) is 5.67. The van der Waals surface area contributed by atoms with Crippen molar-refractivity contribution in [3.05, 3.63) is 81.9 Å². The van der Waals surface area contributed by atoms with Crippen LogP contribution < -0.4 is 5.32 Å². The molecule has 1 aliphatic rings. The van der Waals surface area contributed by atoms with E-state index in [9.17, 15) is 19.7 Å². The first-order valence-corrected chi connectivity index (χ1v) is 10.1. The molecule has 2 aromatic carbocycles. The summed E-state index contributed by atoms with van der Waals surface area (Å²) in [5, 5.41) is 13.7. The van der Waals surface area contributed by atoms with E-state index in [-0.39, 0.29) is 22.9 Å². The maximum absolute atomic E-state index is 12.8. The minimum absolute atomic E-state index is 0.00431. The molecule has 1 saturated heterocycles. The van der Waals surface area contributed by atoms with Crippen LogP contribution in [0.25, 0.3) is 6.08 Å². The van der Waals surface area contributed by atoms with E-state index < -0.39 is 16.7 Å². The molecular weight excluding hydrogens is 422 g/mol. The fourth-order valence-electron chi connectivity index (χ4n) is 2.73. The predicted octanol–water partition coefficient (Wildman–Crippen LogP) is 3.87. The van der Waals surface area contributed by atoms with Crippen molar-refractivity contribution < 1.29 is 14.5 Å². The lowest BCUT2D eigenvalue weighted by molar-refractivity contribution is -0.384. The zero-order valence-electron chi connectivity index (χ0n) is 16.0. The summed E-state index contributed by atoms with van der Waals surface area (Å²) in [5.74, 6) is -1.23. The molecule has 2 aromatic rings. The Morgan fingerprint density at radius 1 is 1.23 bits per heavy atom. The first-order chi connectivity index (χ1) is 14.3. The second-order valence-electron chi connectivity index (χ2n) is 6.42. The molecular formula is C21H17N3O4S2. The molecule has 0 atom stereocenters. The summed E-state index contributed by atoms with van der Waals surface area (Å²) in [4.78, 5) is 38.7. The number of benzene rings is 2. The Kier molecular flexibility index (Phi) is 6.43. The number of amides is 2. The highest BCUT2D eigenvalue weighted by molar-refractivity contribution is 7.99. The molecule has 0 radical (unpaired) electrons. The number of carbonyl (C=O) groups excluding carboxylic acids is 2. The molecule has 0 aromatic heterocycles. The van der Waals surface area contributed by atoms with E-state index in [2.05, 4.69) is 11.9 Å². The van der Waals surface area contributed by atoms with E-state index in [1.165, 1.54) is 40.9 Å². The summed E-state index contributed by atoms with van der Waals surface area (Å²) >= 11 is 6.43. The Morgan fingerprint density at radius 2 is 1.93 bits per heavy atom. The highest BCUT2D eigenvalue weighted by Crippen LogP contribution is 2.34. The first kappa shape index (κ1) is 21.4. The van der Waals surface area contributed by atoms with Crippen LogP contribution >= 0.6 is 24.0 Å². The van der Waals surface area contributed by atoms with Crippen LogP contribution in [0.1, 0.15) is 11.1 Å². The van der Waals surface area contributed by atoms with Crippen molar-refractivity contribution >= 4 is 52.7 Å². The van der Waals surface area contributed by atoms with Gasteiger partial charge in [-0.3, -0.25) is 29.9 Å². The van der Waals surface area contributed by atoms with E-state index in [0.29, 0.717) is 10.5 Å². The molecule has 9 heteroatoms.